The zero-order valence-electron chi connectivity index (χ0n) is 5.54. The van der Waals surface area contributed by atoms with Crippen molar-refractivity contribution >= 4 is 11.6 Å². The first-order chi connectivity index (χ1) is 4.84. The summed E-state index contributed by atoms with van der Waals surface area (Å²) in [7, 11) is 0. The predicted molar refractivity (Wildman–Crippen MR) is 38.2 cm³/mol. The first-order valence-electron chi connectivity index (χ1n) is 2.93. The molecule has 0 fully saturated rings. The molecule has 0 N–H and O–H groups in total. The smallest absolute Gasteiger partial charge is 0.235 e. The first kappa shape index (κ1) is 7.28. The molecule has 0 atom stereocenters. The molecule has 0 amide bonds. The van der Waals surface area contributed by atoms with Crippen molar-refractivity contribution in [2.24, 2.45) is 0 Å². The third-order valence-electron chi connectivity index (χ3n) is 0.915. The molecule has 0 aliphatic heterocycles. The monoisotopic (exact) mass is 158 g/mol. The summed E-state index contributed by atoms with van der Waals surface area (Å²) >= 11 is 5.65. The first-order valence-corrected chi connectivity index (χ1v) is 3.30. The average Bonchev–Trinajstić information content (AvgIpc) is 1.94. The molecule has 54 valence electrons. The van der Waals surface area contributed by atoms with Crippen LogP contribution < -0.4 is 4.74 Å². The fourth-order valence-corrected chi connectivity index (χ4v) is 0.704. The molecule has 10 heavy (non-hydrogen) atoms. The fourth-order valence-electron chi connectivity index (χ4n) is 0.544. The summed E-state index contributed by atoms with van der Waals surface area (Å²) in [5.74, 6) is 0.444. The lowest BCUT2D eigenvalue weighted by Crippen LogP contribution is -1.94. The standard InChI is InChI=1S/C6H7ClN2O/c1-2-10-6-5(7)3-8-4-9-6/h3-4H,2H2,1H3. The second-order valence-corrected chi connectivity index (χ2v) is 2.02. The van der Waals surface area contributed by atoms with Gasteiger partial charge in [0.2, 0.25) is 5.88 Å². The molecule has 1 heterocycles. The summed E-state index contributed by atoms with van der Waals surface area (Å²) in [6, 6.07) is 0. The summed E-state index contributed by atoms with van der Waals surface area (Å²) in [5, 5.41) is 0.448. The van der Waals surface area contributed by atoms with Crippen LogP contribution in [-0.4, -0.2) is 16.6 Å². The highest BCUT2D eigenvalue weighted by atomic mass is 35.5. The molecular weight excluding hydrogens is 152 g/mol. The molecule has 1 aromatic heterocycles. The fraction of sp³-hybridized carbons (Fsp3) is 0.333. The maximum absolute atomic E-state index is 5.65. The summed E-state index contributed by atoms with van der Waals surface area (Å²) in [6.07, 6.45) is 2.90. The Morgan fingerprint density at radius 1 is 1.70 bits per heavy atom. The van der Waals surface area contributed by atoms with Crippen LogP contribution in [0.4, 0.5) is 0 Å². The lowest BCUT2D eigenvalue weighted by molar-refractivity contribution is 0.326. The third kappa shape index (κ3) is 1.57. The Labute approximate surface area is 64.0 Å². The summed E-state index contributed by atoms with van der Waals surface area (Å²) in [6.45, 7) is 2.44. The Bertz CT molecular complexity index is 217. The maximum Gasteiger partial charge on any atom is 0.235 e. The van der Waals surface area contributed by atoms with Gasteiger partial charge in [-0.2, -0.15) is 0 Å². The van der Waals surface area contributed by atoms with Crippen molar-refractivity contribution in [2.75, 3.05) is 6.61 Å². The largest absolute Gasteiger partial charge is 0.477 e. The topological polar surface area (TPSA) is 35.0 Å². The number of ether oxygens (including phenoxy) is 1. The van der Waals surface area contributed by atoms with E-state index in [1.54, 1.807) is 0 Å². The number of rotatable bonds is 2. The number of hydrogen-bond acceptors (Lipinski definition) is 3. The molecule has 0 aliphatic carbocycles. The van der Waals surface area contributed by atoms with E-state index in [0.29, 0.717) is 17.5 Å². The summed E-state index contributed by atoms with van der Waals surface area (Å²) in [4.78, 5) is 7.51. The zero-order valence-corrected chi connectivity index (χ0v) is 6.30. The van der Waals surface area contributed by atoms with Crippen molar-refractivity contribution < 1.29 is 4.74 Å². The molecule has 3 nitrogen and oxygen atoms in total. The van der Waals surface area contributed by atoms with Gasteiger partial charge in [-0.25, -0.2) is 9.97 Å². The van der Waals surface area contributed by atoms with Crippen LogP contribution in [0.15, 0.2) is 12.5 Å². The molecule has 4 heteroatoms. The lowest BCUT2D eigenvalue weighted by Gasteiger charge is -2.00. The minimum Gasteiger partial charge on any atom is -0.477 e. The van der Waals surface area contributed by atoms with Crippen LogP contribution in [0, 0.1) is 0 Å². The average molecular weight is 159 g/mol. The number of nitrogens with zero attached hydrogens (tertiary/aromatic N) is 2. The van der Waals surface area contributed by atoms with E-state index in [1.807, 2.05) is 6.92 Å². The predicted octanol–water partition coefficient (Wildman–Crippen LogP) is 1.53. The number of aromatic nitrogens is 2. The van der Waals surface area contributed by atoms with Crippen LogP contribution in [0.5, 0.6) is 5.88 Å². The molecule has 1 aromatic rings. The van der Waals surface area contributed by atoms with E-state index in [-0.39, 0.29) is 0 Å². The van der Waals surface area contributed by atoms with E-state index in [1.165, 1.54) is 12.5 Å². The van der Waals surface area contributed by atoms with Crippen LogP contribution in [0.3, 0.4) is 0 Å². The van der Waals surface area contributed by atoms with E-state index < -0.39 is 0 Å². The van der Waals surface area contributed by atoms with Gasteiger partial charge < -0.3 is 4.74 Å². The van der Waals surface area contributed by atoms with Gasteiger partial charge in [-0.05, 0) is 6.92 Å². The lowest BCUT2D eigenvalue weighted by atomic mass is 10.6. The number of hydrogen-bond donors (Lipinski definition) is 0. The van der Waals surface area contributed by atoms with E-state index in [0.717, 1.165) is 0 Å². The van der Waals surface area contributed by atoms with Crippen LogP contribution in [0.2, 0.25) is 5.02 Å². The van der Waals surface area contributed by atoms with Gasteiger partial charge in [0.05, 0.1) is 12.8 Å². The van der Waals surface area contributed by atoms with Crippen LogP contribution in [0.1, 0.15) is 6.92 Å². The normalized spacial score (nSPS) is 9.40. The maximum atomic E-state index is 5.65. The Morgan fingerprint density at radius 2 is 2.50 bits per heavy atom. The summed E-state index contributed by atoms with van der Waals surface area (Å²) < 4.78 is 5.05. The van der Waals surface area contributed by atoms with E-state index in [9.17, 15) is 0 Å². The van der Waals surface area contributed by atoms with Gasteiger partial charge in [0.1, 0.15) is 11.3 Å². The molecule has 0 aromatic carbocycles. The molecule has 0 aliphatic rings. The zero-order chi connectivity index (χ0) is 7.40. The van der Waals surface area contributed by atoms with Crippen molar-refractivity contribution in [3.63, 3.8) is 0 Å². The third-order valence-corrected chi connectivity index (χ3v) is 1.17. The quantitative estimate of drug-likeness (QED) is 0.655. The van der Waals surface area contributed by atoms with Crippen molar-refractivity contribution in [3.8, 4) is 5.88 Å². The van der Waals surface area contributed by atoms with Gasteiger partial charge in [0.25, 0.3) is 0 Å². The van der Waals surface area contributed by atoms with Crippen LogP contribution in [0.25, 0.3) is 0 Å². The highest BCUT2D eigenvalue weighted by Crippen LogP contribution is 2.17. The molecule has 0 saturated carbocycles. The van der Waals surface area contributed by atoms with Gasteiger partial charge in [0.15, 0.2) is 0 Å². The Hall–Kier alpha value is -0.830. The van der Waals surface area contributed by atoms with Gasteiger partial charge in [0, 0.05) is 0 Å². The molecule has 0 saturated heterocycles. The van der Waals surface area contributed by atoms with Crippen LogP contribution in [-0.2, 0) is 0 Å². The molecular formula is C6H7ClN2O. The van der Waals surface area contributed by atoms with Crippen molar-refractivity contribution in [2.45, 2.75) is 6.92 Å². The van der Waals surface area contributed by atoms with Gasteiger partial charge in [-0.15, -0.1) is 0 Å². The molecule has 0 spiro atoms. The Morgan fingerprint density at radius 3 is 3.10 bits per heavy atom. The van der Waals surface area contributed by atoms with Crippen molar-refractivity contribution in [1.29, 1.82) is 0 Å². The Kier molecular flexibility index (Phi) is 2.45. The van der Waals surface area contributed by atoms with Crippen molar-refractivity contribution in [3.05, 3.63) is 17.5 Å². The SMILES string of the molecule is CCOc1ncncc1Cl. The van der Waals surface area contributed by atoms with Gasteiger partial charge in [-0.3, -0.25) is 0 Å². The second-order valence-electron chi connectivity index (χ2n) is 1.61. The Balaban J connectivity index is 2.81. The molecule has 0 bridgehead atoms. The molecule has 0 unspecified atom stereocenters. The molecule has 0 radical (unpaired) electrons. The highest BCUT2D eigenvalue weighted by molar-refractivity contribution is 6.31. The summed E-state index contributed by atoms with van der Waals surface area (Å²) in [5.41, 5.74) is 0. The van der Waals surface area contributed by atoms with Gasteiger partial charge >= 0.3 is 0 Å². The minimum atomic E-state index is 0.444. The van der Waals surface area contributed by atoms with E-state index in [4.69, 9.17) is 16.3 Å². The minimum absolute atomic E-state index is 0.444. The van der Waals surface area contributed by atoms with Crippen molar-refractivity contribution in [1.82, 2.24) is 9.97 Å². The van der Waals surface area contributed by atoms with Gasteiger partial charge in [-0.1, -0.05) is 11.6 Å². The number of halogens is 1. The highest BCUT2D eigenvalue weighted by Gasteiger charge is 1.98. The van der Waals surface area contributed by atoms with E-state index >= 15 is 0 Å². The second kappa shape index (κ2) is 3.37. The molecule has 1 rings (SSSR count). The van der Waals surface area contributed by atoms with E-state index in [2.05, 4.69) is 9.97 Å². The van der Waals surface area contributed by atoms with Crippen LogP contribution >= 0.6 is 11.6 Å².